The van der Waals surface area contributed by atoms with E-state index in [1.54, 1.807) is 18.4 Å². The minimum atomic E-state index is -0.0771. The summed E-state index contributed by atoms with van der Waals surface area (Å²) in [5.74, 6) is 1.37. The fourth-order valence-corrected chi connectivity index (χ4v) is 2.95. The topological polar surface area (TPSA) is 59.6 Å². The van der Waals surface area contributed by atoms with E-state index < -0.39 is 0 Å². The van der Waals surface area contributed by atoms with Crippen LogP contribution in [0.25, 0.3) is 0 Å². The normalized spacial score (nSPS) is 12.2. The lowest BCUT2D eigenvalue weighted by Crippen LogP contribution is -2.35. The van der Waals surface area contributed by atoms with Crippen LogP contribution >= 0.6 is 11.3 Å². The Kier molecular flexibility index (Phi) is 6.04. The van der Waals surface area contributed by atoms with Crippen LogP contribution in [0.3, 0.4) is 0 Å². The Morgan fingerprint density at radius 1 is 1.26 bits per heavy atom. The highest BCUT2D eigenvalue weighted by atomic mass is 32.1. The van der Waals surface area contributed by atoms with E-state index in [0.717, 1.165) is 18.7 Å². The molecule has 0 fully saturated rings. The number of nitrogens with two attached hydrogens (primary N) is 1. The second kappa shape index (κ2) is 8.02. The van der Waals surface area contributed by atoms with Gasteiger partial charge in [-0.05, 0) is 35.6 Å². The van der Waals surface area contributed by atoms with Crippen molar-refractivity contribution in [3.63, 3.8) is 0 Å². The second-order valence-corrected chi connectivity index (χ2v) is 7.10. The first-order valence-corrected chi connectivity index (χ1v) is 8.60. The lowest BCUT2D eigenvalue weighted by molar-refractivity contribution is 0.414. The molecule has 0 radical (unpaired) electrons. The molecule has 0 aliphatic carbocycles. The van der Waals surface area contributed by atoms with Gasteiger partial charge in [-0.3, -0.25) is 4.99 Å². The number of thiophene rings is 1. The van der Waals surface area contributed by atoms with Crippen LogP contribution in [0, 0.1) is 0 Å². The predicted octanol–water partition coefficient (Wildman–Crippen LogP) is 3.18. The molecule has 0 atom stereocenters. The van der Waals surface area contributed by atoms with Crippen molar-refractivity contribution in [3.05, 3.63) is 52.2 Å². The number of methoxy groups -OCH3 is 1. The average molecular weight is 331 g/mol. The van der Waals surface area contributed by atoms with E-state index in [1.165, 1.54) is 10.4 Å². The third-order valence-electron chi connectivity index (χ3n) is 3.77. The molecule has 1 aromatic carbocycles. The van der Waals surface area contributed by atoms with Crippen LogP contribution in [-0.2, 0) is 11.8 Å². The van der Waals surface area contributed by atoms with Gasteiger partial charge in [-0.2, -0.15) is 0 Å². The van der Waals surface area contributed by atoms with Gasteiger partial charge in [0.25, 0.3) is 0 Å². The van der Waals surface area contributed by atoms with E-state index in [2.05, 4.69) is 53.8 Å². The summed E-state index contributed by atoms with van der Waals surface area (Å²) < 4.78 is 5.20. The zero-order valence-corrected chi connectivity index (χ0v) is 14.8. The molecule has 2 aromatic rings. The molecule has 0 aliphatic rings. The number of rotatable bonds is 7. The van der Waals surface area contributed by atoms with Crippen LogP contribution in [0.2, 0.25) is 0 Å². The van der Waals surface area contributed by atoms with E-state index >= 15 is 0 Å². The van der Waals surface area contributed by atoms with Gasteiger partial charge in [0, 0.05) is 16.8 Å². The van der Waals surface area contributed by atoms with Crippen molar-refractivity contribution in [3.8, 4) is 5.75 Å². The molecule has 0 unspecified atom stereocenters. The van der Waals surface area contributed by atoms with Crippen molar-refractivity contribution >= 4 is 17.3 Å². The molecule has 0 amide bonds. The molecule has 0 saturated heterocycles. The largest absolute Gasteiger partial charge is 0.497 e. The summed E-state index contributed by atoms with van der Waals surface area (Å²) in [7, 11) is 1.67. The summed E-state index contributed by atoms with van der Waals surface area (Å²) in [4.78, 5) is 5.84. The van der Waals surface area contributed by atoms with Crippen molar-refractivity contribution in [1.29, 1.82) is 0 Å². The number of nitrogens with zero attached hydrogens (tertiary/aromatic N) is 1. The first-order valence-electron chi connectivity index (χ1n) is 7.72. The van der Waals surface area contributed by atoms with E-state index in [9.17, 15) is 0 Å². The minimum absolute atomic E-state index is 0.0771. The molecule has 124 valence electrons. The molecule has 5 heteroatoms. The number of hydrogen-bond acceptors (Lipinski definition) is 3. The summed E-state index contributed by atoms with van der Waals surface area (Å²) in [6.45, 7) is 5.77. The van der Waals surface area contributed by atoms with Crippen molar-refractivity contribution in [2.75, 3.05) is 20.2 Å². The Morgan fingerprint density at radius 2 is 2.00 bits per heavy atom. The van der Waals surface area contributed by atoms with Crippen LogP contribution in [0.1, 0.15) is 24.3 Å². The molecule has 2 rings (SSSR count). The quantitative estimate of drug-likeness (QED) is 0.605. The molecule has 23 heavy (non-hydrogen) atoms. The molecule has 0 saturated carbocycles. The van der Waals surface area contributed by atoms with Gasteiger partial charge in [0.2, 0.25) is 0 Å². The van der Waals surface area contributed by atoms with Crippen molar-refractivity contribution in [2.45, 2.75) is 25.7 Å². The summed E-state index contributed by atoms with van der Waals surface area (Å²) in [6.07, 6.45) is 0.968. The van der Waals surface area contributed by atoms with E-state index in [1.807, 2.05) is 12.1 Å². The van der Waals surface area contributed by atoms with Gasteiger partial charge < -0.3 is 15.8 Å². The van der Waals surface area contributed by atoms with E-state index in [-0.39, 0.29) is 5.41 Å². The molecular formula is C18H25N3OS. The van der Waals surface area contributed by atoms with Crippen LogP contribution in [0.15, 0.2) is 46.8 Å². The zero-order valence-electron chi connectivity index (χ0n) is 14.0. The lowest BCUT2D eigenvalue weighted by Gasteiger charge is -2.23. The van der Waals surface area contributed by atoms with Gasteiger partial charge in [-0.25, -0.2) is 0 Å². The zero-order chi connectivity index (χ0) is 16.7. The highest BCUT2D eigenvalue weighted by Gasteiger charge is 2.20. The smallest absolute Gasteiger partial charge is 0.188 e. The summed E-state index contributed by atoms with van der Waals surface area (Å²) in [5, 5.41) is 5.27. The van der Waals surface area contributed by atoms with E-state index in [0.29, 0.717) is 12.5 Å². The van der Waals surface area contributed by atoms with Gasteiger partial charge in [0.1, 0.15) is 5.75 Å². The summed E-state index contributed by atoms with van der Waals surface area (Å²) in [6, 6.07) is 12.3. The Hall–Kier alpha value is -2.01. The SMILES string of the molecule is COc1ccc(C(C)(C)CN=C(N)NCCc2cccs2)cc1. The van der Waals surface area contributed by atoms with Gasteiger partial charge in [-0.15, -0.1) is 11.3 Å². The molecule has 1 heterocycles. The number of aliphatic imine (C=N–C) groups is 1. The van der Waals surface area contributed by atoms with Crippen molar-refractivity contribution < 1.29 is 4.74 Å². The third-order valence-corrected chi connectivity index (χ3v) is 4.71. The highest BCUT2D eigenvalue weighted by molar-refractivity contribution is 7.09. The van der Waals surface area contributed by atoms with Crippen molar-refractivity contribution in [1.82, 2.24) is 5.32 Å². The van der Waals surface area contributed by atoms with E-state index in [4.69, 9.17) is 10.5 Å². The van der Waals surface area contributed by atoms with Gasteiger partial charge in [-0.1, -0.05) is 32.0 Å². The maximum absolute atomic E-state index is 5.97. The number of hydrogen-bond donors (Lipinski definition) is 2. The molecular weight excluding hydrogens is 306 g/mol. The fraction of sp³-hybridized carbons (Fsp3) is 0.389. The molecule has 4 nitrogen and oxygen atoms in total. The lowest BCUT2D eigenvalue weighted by atomic mass is 9.85. The summed E-state index contributed by atoms with van der Waals surface area (Å²) in [5.41, 5.74) is 7.11. The minimum Gasteiger partial charge on any atom is -0.497 e. The fourth-order valence-electron chi connectivity index (χ4n) is 2.24. The molecule has 3 N–H and O–H groups in total. The van der Waals surface area contributed by atoms with Crippen LogP contribution in [0.5, 0.6) is 5.75 Å². The number of guanidine groups is 1. The predicted molar refractivity (Wildman–Crippen MR) is 98.5 cm³/mol. The Bertz CT molecular complexity index is 618. The first kappa shape index (κ1) is 17.3. The molecule has 0 bridgehead atoms. The number of ether oxygens (including phenoxy) is 1. The van der Waals surface area contributed by atoms with Crippen molar-refractivity contribution in [2.24, 2.45) is 10.7 Å². The van der Waals surface area contributed by atoms with Gasteiger partial charge in [0.05, 0.1) is 13.7 Å². The maximum atomic E-state index is 5.97. The molecule has 1 aromatic heterocycles. The van der Waals surface area contributed by atoms with Crippen LogP contribution in [-0.4, -0.2) is 26.2 Å². The second-order valence-electron chi connectivity index (χ2n) is 6.07. The number of benzene rings is 1. The molecule has 0 spiro atoms. The monoisotopic (exact) mass is 331 g/mol. The van der Waals surface area contributed by atoms with Gasteiger partial charge >= 0.3 is 0 Å². The Balaban J connectivity index is 1.85. The average Bonchev–Trinajstić information content (AvgIpc) is 3.06. The Morgan fingerprint density at radius 3 is 2.61 bits per heavy atom. The summed E-state index contributed by atoms with van der Waals surface area (Å²) >= 11 is 1.76. The highest BCUT2D eigenvalue weighted by Crippen LogP contribution is 2.25. The van der Waals surface area contributed by atoms with Crippen LogP contribution < -0.4 is 15.8 Å². The first-order chi connectivity index (χ1) is 11.0. The van der Waals surface area contributed by atoms with Gasteiger partial charge in [0.15, 0.2) is 5.96 Å². The molecule has 0 aliphatic heterocycles. The van der Waals surface area contributed by atoms with Crippen LogP contribution in [0.4, 0.5) is 0 Å². The third kappa shape index (κ3) is 5.28. The number of nitrogens with one attached hydrogen (secondary N) is 1. The maximum Gasteiger partial charge on any atom is 0.188 e. The Labute approximate surface area is 142 Å². The standard InChI is InChI=1S/C18H25N3OS/c1-18(2,14-6-8-15(22-3)9-7-14)13-21-17(19)20-11-10-16-5-4-12-23-16/h4-9,12H,10-11,13H2,1-3H3,(H3,19,20,21).